The van der Waals surface area contributed by atoms with Crippen LogP contribution in [0.1, 0.15) is 12.5 Å². The molecule has 0 radical (unpaired) electrons. The Kier molecular flexibility index (Phi) is 2.72. The molecule has 3 nitrogen and oxygen atoms in total. The van der Waals surface area contributed by atoms with Crippen molar-refractivity contribution in [1.29, 1.82) is 0 Å². The molecule has 0 aliphatic rings. The van der Waals surface area contributed by atoms with Crippen molar-refractivity contribution in [2.24, 2.45) is 0 Å². The Balaban J connectivity index is 2.11. The van der Waals surface area contributed by atoms with Gasteiger partial charge in [-0.05, 0) is 11.6 Å². The van der Waals surface area contributed by atoms with Gasteiger partial charge >= 0.3 is 5.97 Å². The van der Waals surface area contributed by atoms with Gasteiger partial charge in [-0.2, -0.15) is 0 Å². The van der Waals surface area contributed by atoms with Gasteiger partial charge in [0.15, 0.2) is 0 Å². The second-order valence-electron chi connectivity index (χ2n) is 3.45. The molecule has 15 heavy (non-hydrogen) atoms. The fourth-order valence-corrected chi connectivity index (χ4v) is 1.64. The van der Waals surface area contributed by atoms with Crippen LogP contribution in [0.2, 0.25) is 0 Å². The molecular formula is C12H13NO2. The Labute approximate surface area is 88.1 Å². The molecule has 0 fully saturated rings. The van der Waals surface area contributed by atoms with E-state index in [0.717, 1.165) is 11.9 Å². The highest BCUT2D eigenvalue weighted by molar-refractivity contribution is 5.83. The Morgan fingerprint density at radius 2 is 2.20 bits per heavy atom. The predicted octanol–water partition coefficient (Wildman–Crippen LogP) is 2.27. The number of benzene rings is 1. The summed E-state index contributed by atoms with van der Waals surface area (Å²) < 4.78 is 4.91. The first-order chi connectivity index (χ1) is 7.27. The van der Waals surface area contributed by atoms with Gasteiger partial charge in [0.1, 0.15) is 0 Å². The van der Waals surface area contributed by atoms with Crippen LogP contribution in [0.3, 0.4) is 0 Å². The summed E-state index contributed by atoms with van der Waals surface area (Å²) in [5.74, 6) is -0.227. The molecule has 0 atom stereocenters. The number of H-pyrrole nitrogens is 1. The number of ether oxygens (including phenoxy) is 1. The summed E-state index contributed by atoms with van der Waals surface area (Å²) in [6.07, 6.45) is 2.72. The second-order valence-corrected chi connectivity index (χ2v) is 3.45. The number of carbonyl (C=O) groups excluding carboxylic acids is 1. The number of aromatic nitrogens is 1. The standard InChI is InChI=1S/C12H13NO2/c1-9(14)15-7-6-10-8-13-12-5-3-2-4-11(10)12/h2-5,8,13H,6-7H2,1H3. The first-order valence-corrected chi connectivity index (χ1v) is 4.96. The van der Waals surface area contributed by atoms with E-state index < -0.39 is 0 Å². The maximum Gasteiger partial charge on any atom is 0.302 e. The number of rotatable bonds is 3. The number of carbonyl (C=O) groups is 1. The molecule has 1 N–H and O–H groups in total. The summed E-state index contributed by atoms with van der Waals surface area (Å²) in [6.45, 7) is 1.87. The zero-order valence-electron chi connectivity index (χ0n) is 8.62. The molecule has 0 amide bonds. The molecule has 3 heteroatoms. The first-order valence-electron chi connectivity index (χ1n) is 4.96. The van der Waals surface area contributed by atoms with Crippen molar-refractivity contribution < 1.29 is 9.53 Å². The van der Waals surface area contributed by atoms with Gasteiger partial charge in [0.2, 0.25) is 0 Å². The van der Waals surface area contributed by atoms with E-state index in [4.69, 9.17) is 4.74 Å². The van der Waals surface area contributed by atoms with E-state index in [9.17, 15) is 4.79 Å². The van der Waals surface area contributed by atoms with Gasteiger partial charge < -0.3 is 9.72 Å². The van der Waals surface area contributed by atoms with Crippen molar-refractivity contribution in [1.82, 2.24) is 4.98 Å². The van der Waals surface area contributed by atoms with Crippen LogP contribution in [0, 0.1) is 0 Å². The van der Waals surface area contributed by atoms with Gasteiger partial charge in [-0.3, -0.25) is 4.79 Å². The second kappa shape index (κ2) is 4.17. The number of fused-ring (bicyclic) bond motifs is 1. The Morgan fingerprint density at radius 1 is 1.40 bits per heavy atom. The highest BCUT2D eigenvalue weighted by atomic mass is 16.5. The summed E-state index contributed by atoms with van der Waals surface area (Å²) in [7, 11) is 0. The van der Waals surface area contributed by atoms with Crippen LogP contribution in [0.15, 0.2) is 30.5 Å². The number of aromatic amines is 1. The van der Waals surface area contributed by atoms with Crippen LogP contribution < -0.4 is 0 Å². The number of hydrogen-bond acceptors (Lipinski definition) is 2. The number of hydrogen-bond donors (Lipinski definition) is 1. The molecule has 0 saturated heterocycles. The number of para-hydroxylation sites is 1. The van der Waals surface area contributed by atoms with Crippen LogP contribution in [-0.4, -0.2) is 17.6 Å². The zero-order valence-corrected chi connectivity index (χ0v) is 8.62. The summed E-state index contributed by atoms with van der Waals surface area (Å²) in [5, 5.41) is 1.20. The quantitative estimate of drug-likeness (QED) is 0.777. The lowest BCUT2D eigenvalue weighted by Gasteiger charge is -2.00. The van der Waals surface area contributed by atoms with Gasteiger partial charge in [0.25, 0.3) is 0 Å². The molecular weight excluding hydrogens is 190 g/mol. The monoisotopic (exact) mass is 203 g/mol. The summed E-state index contributed by atoms with van der Waals surface area (Å²) in [6, 6.07) is 8.10. The third-order valence-corrected chi connectivity index (χ3v) is 2.35. The number of esters is 1. The average molecular weight is 203 g/mol. The first kappa shape index (κ1) is 9.77. The lowest BCUT2D eigenvalue weighted by Crippen LogP contribution is -2.02. The van der Waals surface area contributed by atoms with Crippen molar-refractivity contribution in [3.63, 3.8) is 0 Å². The van der Waals surface area contributed by atoms with Crippen molar-refractivity contribution in [2.75, 3.05) is 6.61 Å². The molecule has 0 saturated carbocycles. The Morgan fingerprint density at radius 3 is 3.00 bits per heavy atom. The van der Waals surface area contributed by atoms with E-state index >= 15 is 0 Å². The normalized spacial score (nSPS) is 10.5. The van der Waals surface area contributed by atoms with Gasteiger partial charge in [0.05, 0.1) is 6.61 Å². The molecule has 2 aromatic rings. The van der Waals surface area contributed by atoms with E-state index in [1.807, 2.05) is 24.4 Å². The van der Waals surface area contributed by atoms with E-state index in [-0.39, 0.29) is 5.97 Å². The fourth-order valence-electron chi connectivity index (χ4n) is 1.64. The Bertz CT molecular complexity index is 473. The smallest absolute Gasteiger partial charge is 0.302 e. The Hall–Kier alpha value is -1.77. The lowest BCUT2D eigenvalue weighted by molar-refractivity contribution is -0.140. The van der Waals surface area contributed by atoms with Gasteiger partial charge in [-0.15, -0.1) is 0 Å². The molecule has 1 heterocycles. The van der Waals surface area contributed by atoms with Crippen LogP contribution in [0.4, 0.5) is 0 Å². The summed E-state index contributed by atoms with van der Waals surface area (Å²) in [4.78, 5) is 13.8. The van der Waals surface area contributed by atoms with E-state index in [0.29, 0.717) is 6.61 Å². The summed E-state index contributed by atoms with van der Waals surface area (Å²) >= 11 is 0. The topological polar surface area (TPSA) is 42.1 Å². The van der Waals surface area contributed by atoms with Crippen molar-refractivity contribution >= 4 is 16.9 Å². The SMILES string of the molecule is CC(=O)OCCc1c[nH]c2ccccc12. The van der Waals surface area contributed by atoms with Crippen LogP contribution in [0.25, 0.3) is 10.9 Å². The molecule has 0 aliphatic carbocycles. The van der Waals surface area contributed by atoms with Crippen molar-refractivity contribution in [3.8, 4) is 0 Å². The highest BCUT2D eigenvalue weighted by Gasteiger charge is 2.02. The third kappa shape index (κ3) is 2.18. The van der Waals surface area contributed by atoms with E-state index in [1.165, 1.54) is 17.9 Å². The maximum absolute atomic E-state index is 10.6. The fraction of sp³-hybridized carbons (Fsp3) is 0.250. The van der Waals surface area contributed by atoms with Gasteiger partial charge in [0, 0.05) is 30.4 Å². The molecule has 1 aromatic heterocycles. The lowest BCUT2D eigenvalue weighted by atomic mass is 10.1. The zero-order chi connectivity index (χ0) is 10.7. The molecule has 78 valence electrons. The summed E-state index contributed by atoms with van der Waals surface area (Å²) in [5.41, 5.74) is 2.31. The van der Waals surface area contributed by atoms with Crippen LogP contribution in [0.5, 0.6) is 0 Å². The van der Waals surface area contributed by atoms with Crippen LogP contribution in [-0.2, 0) is 16.0 Å². The largest absolute Gasteiger partial charge is 0.466 e. The van der Waals surface area contributed by atoms with Crippen LogP contribution >= 0.6 is 0 Å². The minimum absolute atomic E-state index is 0.227. The van der Waals surface area contributed by atoms with Crippen molar-refractivity contribution in [3.05, 3.63) is 36.0 Å². The molecule has 0 unspecified atom stereocenters. The molecule has 1 aromatic carbocycles. The highest BCUT2D eigenvalue weighted by Crippen LogP contribution is 2.17. The molecule has 0 spiro atoms. The third-order valence-electron chi connectivity index (χ3n) is 2.35. The minimum Gasteiger partial charge on any atom is -0.466 e. The molecule has 0 aliphatic heterocycles. The number of nitrogens with one attached hydrogen (secondary N) is 1. The molecule has 2 rings (SSSR count). The minimum atomic E-state index is -0.227. The predicted molar refractivity (Wildman–Crippen MR) is 58.6 cm³/mol. The average Bonchev–Trinajstić information content (AvgIpc) is 2.62. The van der Waals surface area contributed by atoms with Gasteiger partial charge in [-0.25, -0.2) is 0 Å². The molecule has 0 bridgehead atoms. The van der Waals surface area contributed by atoms with E-state index in [1.54, 1.807) is 0 Å². The maximum atomic E-state index is 10.6. The van der Waals surface area contributed by atoms with Gasteiger partial charge in [-0.1, -0.05) is 18.2 Å². The van der Waals surface area contributed by atoms with E-state index in [2.05, 4.69) is 11.1 Å². The van der Waals surface area contributed by atoms with Crippen molar-refractivity contribution in [2.45, 2.75) is 13.3 Å².